The molecule has 2 aromatic carbocycles. The highest BCUT2D eigenvalue weighted by molar-refractivity contribution is 5.39. The van der Waals surface area contributed by atoms with Crippen molar-refractivity contribution in [3.05, 3.63) is 53.6 Å². The summed E-state index contributed by atoms with van der Waals surface area (Å²) in [4.78, 5) is 0. The van der Waals surface area contributed by atoms with Crippen LogP contribution in [0.1, 0.15) is 11.1 Å². The minimum atomic E-state index is -4.42. The second-order valence-corrected chi connectivity index (χ2v) is 4.31. The first-order valence-electron chi connectivity index (χ1n) is 6.06. The SMILES string of the molecule is COc1ccc(COc2cccc(C(F)(F)F)c2)c(O)c1. The molecule has 0 aromatic heterocycles. The van der Waals surface area contributed by atoms with Crippen molar-refractivity contribution in [2.75, 3.05) is 7.11 Å². The molecule has 112 valence electrons. The van der Waals surface area contributed by atoms with Gasteiger partial charge in [0.15, 0.2) is 0 Å². The van der Waals surface area contributed by atoms with E-state index in [9.17, 15) is 18.3 Å². The molecule has 0 spiro atoms. The molecule has 0 fully saturated rings. The third-order valence-electron chi connectivity index (χ3n) is 2.85. The van der Waals surface area contributed by atoms with Gasteiger partial charge in [-0.05, 0) is 30.3 Å². The Bertz CT molecular complexity index is 624. The molecule has 0 aliphatic rings. The molecule has 0 atom stereocenters. The zero-order chi connectivity index (χ0) is 15.5. The van der Waals surface area contributed by atoms with Crippen molar-refractivity contribution >= 4 is 0 Å². The standard InChI is InChI=1S/C15H13F3O3/c1-20-12-6-5-10(14(19)8-12)9-21-13-4-2-3-11(7-13)15(16,17)18/h2-8,19H,9H2,1H3. The summed E-state index contributed by atoms with van der Waals surface area (Å²) in [6.07, 6.45) is -4.42. The molecule has 3 nitrogen and oxygen atoms in total. The maximum atomic E-state index is 12.6. The first-order valence-corrected chi connectivity index (χ1v) is 6.06. The zero-order valence-corrected chi connectivity index (χ0v) is 11.1. The van der Waals surface area contributed by atoms with Crippen LogP contribution in [-0.4, -0.2) is 12.2 Å². The lowest BCUT2D eigenvalue weighted by Crippen LogP contribution is -2.05. The van der Waals surface area contributed by atoms with E-state index < -0.39 is 11.7 Å². The predicted octanol–water partition coefficient (Wildman–Crippen LogP) is 4.00. The van der Waals surface area contributed by atoms with E-state index in [1.54, 1.807) is 12.1 Å². The van der Waals surface area contributed by atoms with E-state index in [1.165, 1.54) is 25.3 Å². The molecular weight excluding hydrogens is 285 g/mol. The first-order chi connectivity index (χ1) is 9.90. The second kappa shape index (κ2) is 5.95. The van der Waals surface area contributed by atoms with Gasteiger partial charge in [-0.15, -0.1) is 0 Å². The van der Waals surface area contributed by atoms with Crippen LogP contribution in [0.5, 0.6) is 17.2 Å². The lowest BCUT2D eigenvalue weighted by molar-refractivity contribution is -0.137. The molecular formula is C15H13F3O3. The van der Waals surface area contributed by atoms with Crippen LogP contribution >= 0.6 is 0 Å². The number of hydrogen-bond donors (Lipinski definition) is 1. The molecule has 2 rings (SSSR count). The number of halogens is 3. The molecule has 0 amide bonds. The van der Waals surface area contributed by atoms with Gasteiger partial charge < -0.3 is 14.6 Å². The highest BCUT2D eigenvalue weighted by atomic mass is 19.4. The molecule has 0 saturated heterocycles. The molecule has 0 saturated carbocycles. The Labute approximate surface area is 119 Å². The summed E-state index contributed by atoms with van der Waals surface area (Å²) in [5, 5.41) is 9.74. The smallest absolute Gasteiger partial charge is 0.416 e. The van der Waals surface area contributed by atoms with E-state index in [0.717, 1.165) is 12.1 Å². The van der Waals surface area contributed by atoms with Gasteiger partial charge in [0.2, 0.25) is 0 Å². The number of ether oxygens (including phenoxy) is 2. The van der Waals surface area contributed by atoms with Gasteiger partial charge >= 0.3 is 6.18 Å². The number of alkyl halides is 3. The van der Waals surface area contributed by atoms with E-state index in [-0.39, 0.29) is 18.1 Å². The van der Waals surface area contributed by atoms with Crippen molar-refractivity contribution < 1.29 is 27.8 Å². The number of methoxy groups -OCH3 is 1. The normalized spacial score (nSPS) is 11.2. The van der Waals surface area contributed by atoms with Gasteiger partial charge in [0, 0.05) is 11.6 Å². The van der Waals surface area contributed by atoms with Crippen LogP contribution in [0.4, 0.5) is 13.2 Å². The first kappa shape index (κ1) is 15.0. The second-order valence-electron chi connectivity index (χ2n) is 4.31. The zero-order valence-electron chi connectivity index (χ0n) is 11.1. The van der Waals surface area contributed by atoms with Crippen LogP contribution in [-0.2, 0) is 12.8 Å². The summed E-state index contributed by atoms with van der Waals surface area (Å²) in [5.41, 5.74) is -0.327. The monoisotopic (exact) mass is 298 g/mol. The summed E-state index contributed by atoms with van der Waals surface area (Å²) in [5.74, 6) is 0.525. The Balaban J connectivity index is 2.10. The number of phenols is 1. The predicted molar refractivity (Wildman–Crippen MR) is 70.4 cm³/mol. The van der Waals surface area contributed by atoms with Gasteiger partial charge in [0.05, 0.1) is 12.7 Å². The number of aromatic hydroxyl groups is 1. The quantitative estimate of drug-likeness (QED) is 0.927. The van der Waals surface area contributed by atoms with E-state index in [2.05, 4.69) is 0 Å². The molecule has 0 aliphatic heterocycles. The highest BCUT2D eigenvalue weighted by Crippen LogP contribution is 2.32. The number of phenolic OH excluding ortho intramolecular Hbond substituents is 1. The average molecular weight is 298 g/mol. The van der Waals surface area contributed by atoms with Gasteiger partial charge in [-0.25, -0.2) is 0 Å². The molecule has 0 bridgehead atoms. The van der Waals surface area contributed by atoms with Crippen LogP contribution in [0, 0.1) is 0 Å². The summed E-state index contributed by atoms with van der Waals surface area (Å²) in [6, 6.07) is 9.21. The van der Waals surface area contributed by atoms with Crippen molar-refractivity contribution in [1.82, 2.24) is 0 Å². The van der Waals surface area contributed by atoms with Crippen LogP contribution in [0.25, 0.3) is 0 Å². The lowest BCUT2D eigenvalue weighted by atomic mass is 10.2. The Morgan fingerprint density at radius 3 is 2.43 bits per heavy atom. The molecule has 2 aromatic rings. The number of benzene rings is 2. The van der Waals surface area contributed by atoms with Gasteiger partial charge in [0.1, 0.15) is 23.9 Å². The fourth-order valence-corrected chi connectivity index (χ4v) is 1.72. The summed E-state index contributed by atoms with van der Waals surface area (Å²) in [6.45, 7) is -0.0445. The fraction of sp³-hybridized carbons (Fsp3) is 0.200. The van der Waals surface area contributed by atoms with Crippen molar-refractivity contribution in [3.8, 4) is 17.2 Å². The highest BCUT2D eigenvalue weighted by Gasteiger charge is 2.30. The molecule has 0 radical (unpaired) electrons. The molecule has 0 heterocycles. The third-order valence-corrected chi connectivity index (χ3v) is 2.85. The molecule has 6 heteroatoms. The van der Waals surface area contributed by atoms with E-state index >= 15 is 0 Å². The van der Waals surface area contributed by atoms with Crippen LogP contribution < -0.4 is 9.47 Å². The minimum Gasteiger partial charge on any atom is -0.507 e. The Morgan fingerprint density at radius 1 is 1.05 bits per heavy atom. The van der Waals surface area contributed by atoms with Crippen LogP contribution in [0.2, 0.25) is 0 Å². The molecule has 21 heavy (non-hydrogen) atoms. The Hall–Kier alpha value is -2.37. The number of hydrogen-bond acceptors (Lipinski definition) is 3. The van der Waals surface area contributed by atoms with Crippen LogP contribution in [0.3, 0.4) is 0 Å². The molecule has 0 unspecified atom stereocenters. The maximum Gasteiger partial charge on any atom is 0.416 e. The van der Waals surface area contributed by atoms with Gasteiger partial charge in [0.25, 0.3) is 0 Å². The minimum absolute atomic E-state index is 0.0404. The van der Waals surface area contributed by atoms with Crippen LogP contribution in [0.15, 0.2) is 42.5 Å². The van der Waals surface area contributed by atoms with Crippen molar-refractivity contribution in [3.63, 3.8) is 0 Å². The largest absolute Gasteiger partial charge is 0.507 e. The fourth-order valence-electron chi connectivity index (χ4n) is 1.72. The van der Waals surface area contributed by atoms with E-state index in [0.29, 0.717) is 11.3 Å². The number of rotatable bonds is 4. The summed E-state index contributed by atoms with van der Waals surface area (Å²) < 4.78 is 47.9. The van der Waals surface area contributed by atoms with Gasteiger partial charge in [-0.1, -0.05) is 6.07 Å². The van der Waals surface area contributed by atoms with Crippen molar-refractivity contribution in [1.29, 1.82) is 0 Å². The van der Waals surface area contributed by atoms with E-state index in [1.807, 2.05) is 0 Å². The maximum absolute atomic E-state index is 12.6. The summed E-state index contributed by atoms with van der Waals surface area (Å²) in [7, 11) is 1.47. The molecule has 0 aliphatic carbocycles. The van der Waals surface area contributed by atoms with E-state index in [4.69, 9.17) is 9.47 Å². The summed E-state index contributed by atoms with van der Waals surface area (Å²) >= 11 is 0. The van der Waals surface area contributed by atoms with Crippen molar-refractivity contribution in [2.24, 2.45) is 0 Å². The lowest BCUT2D eigenvalue weighted by Gasteiger charge is -2.11. The van der Waals surface area contributed by atoms with Gasteiger partial charge in [-0.3, -0.25) is 0 Å². The topological polar surface area (TPSA) is 38.7 Å². The Kier molecular flexibility index (Phi) is 4.26. The third kappa shape index (κ3) is 3.81. The van der Waals surface area contributed by atoms with Crippen molar-refractivity contribution in [2.45, 2.75) is 12.8 Å². The molecule has 1 N–H and O–H groups in total. The van der Waals surface area contributed by atoms with Gasteiger partial charge in [-0.2, -0.15) is 13.2 Å². The average Bonchev–Trinajstić information content (AvgIpc) is 2.45. The Morgan fingerprint density at radius 2 is 1.81 bits per heavy atom.